The number of carbonyl (C=O) groups excluding carboxylic acids is 2. The van der Waals surface area contributed by atoms with E-state index in [0.29, 0.717) is 26.3 Å². The van der Waals surface area contributed by atoms with E-state index in [1.54, 1.807) is 0 Å². The third-order valence-corrected chi connectivity index (χ3v) is 10.8. The molecule has 6 nitrogen and oxygen atoms in total. The molecule has 2 aromatic carbocycles. The maximum absolute atomic E-state index is 12.6. The fourth-order valence-corrected chi connectivity index (χ4v) is 7.59. The Bertz CT molecular complexity index is 1270. The second-order valence-corrected chi connectivity index (χ2v) is 15.4. The summed E-state index contributed by atoms with van der Waals surface area (Å²) in [6, 6.07) is 18.0. The van der Waals surface area contributed by atoms with Gasteiger partial charge in [0.05, 0.1) is 52.5 Å². The highest BCUT2D eigenvalue weighted by molar-refractivity contribution is 5.71. The summed E-state index contributed by atoms with van der Waals surface area (Å²) in [4.78, 5) is 25.2. The SMILES string of the molecule is CCCCOC(=O)C[N+]1(C/C=C(\C)Cc2ccc(-c3ccc(C/C(C)=C/C[N+]4(CC(=O)OCCCC)CCCCC4)cc3)cc2)CCCCC1. The number of hydrogen-bond acceptors (Lipinski definition) is 4. The predicted molar refractivity (Wildman–Crippen MR) is 206 cm³/mol. The van der Waals surface area contributed by atoms with Crippen LogP contribution >= 0.6 is 0 Å². The highest BCUT2D eigenvalue weighted by atomic mass is 16.5. The quantitative estimate of drug-likeness (QED) is 0.0641. The van der Waals surface area contributed by atoms with Crippen LogP contribution in [0.25, 0.3) is 11.1 Å². The summed E-state index contributed by atoms with van der Waals surface area (Å²) >= 11 is 0. The van der Waals surface area contributed by atoms with Crippen LogP contribution in [0, 0.1) is 0 Å². The molecule has 4 rings (SSSR count). The lowest BCUT2D eigenvalue weighted by Gasteiger charge is -2.40. The second-order valence-electron chi connectivity index (χ2n) is 15.4. The first-order valence-electron chi connectivity index (χ1n) is 19.7. The molecule has 0 radical (unpaired) electrons. The number of carbonyl (C=O) groups is 2. The van der Waals surface area contributed by atoms with Crippen molar-refractivity contribution in [2.24, 2.45) is 0 Å². The molecule has 0 aromatic heterocycles. The van der Waals surface area contributed by atoms with Crippen LogP contribution in [0.2, 0.25) is 0 Å². The molecule has 0 spiro atoms. The van der Waals surface area contributed by atoms with Gasteiger partial charge in [0.15, 0.2) is 13.1 Å². The van der Waals surface area contributed by atoms with E-state index in [4.69, 9.17) is 9.47 Å². The minimum absolute atomic E-state index is 0.0398. The van der Waals surface area contributed by atoms with Crippen LogP contribution < -0.4 is 0 Å². The van der Waals surface area contributed by atoms with Gasteiger partial charge in [0.25, 0.3) is 0 Å². The molecule has 2 saturated heterocycles. The van der Waals surface area contributed by atoms with E-state index in [1.807, 2.05) is 0 Å². The molecule has 0 bridgehead atoms. The van der Waals surface area contributed by atoms with E-state index in [0.717, 1.165) is 86.8 Å². The van der Waals surface area contributed by atoms with E-state index in [9.17, 15) is 9.59 Å². The van der Waals surface area contributed by atoms with Crippen LogP contribution in [0.15, 0.2) is 71.8 Å². The molecule has 0 unspecified atom stereocenters. The second kappa shape index (κ2) is 20.6. The minimum atomic E-state index is -0.0398. The van der Waals surface area contributed by atoms with Crippen molar-refractivity contribution >= 4 is 11.9 Å². The van der Waals surface area contributed by atoms with Gasteiger partial charge in [-0.25, -0.2) is 9.59 Å². The maximum atomic E-state index is 12.6. The summed E-state index contributed by atoms with van der Waals surface area (Å²) < 4.78 is 12.8. The summed E-state index contributed by atoms with van der Waals surface area (Å²) in [5.41, 5.74) is 7.80. The van der Waals surface area contributed by atoms with Crippen LogP contribution in [-0.4, -0.2) is 86.5 Å². The fourth-order valence-electron chi connectivity index (χ4n) is 7.59. The molecule has 50 heavy (non-hydrogen) atoms. The number of hydrogen-bond donors (Lipinski definition) is 0. The number of esters is 2. The number of likely N-dealkylation sites (tertiary alicyclic amines) is 2. The molecular weight excluding hydrogens is 620 g/mol. The van der Waals surface area contributed by atoms with Crippen LogP contribution in [0.1, 0.15) is 103 Å². The number of rotatable bonds is 19. The zero-order valence-electron chi connectivity index (χ0n) is 31.9. The third-order valence-electron chi connectivity index (χ3n) is 10.8. The first-order valence-corrected chi connectivity index (χ1v) is 19.7. The van der Waals surface area contributed by atoms with Crippen molar-refractivity contribution < 1.29 is 28.0 Å². The largest absolute Gasteiger partial charge is 0.462 e. The Morgan fingerprint density at radius 2 is 0.940 bits per heavy atom. The van der Waals surface area contributed by atoms with Crippen LogP contribution in [0.5, 0.6) is 0 Å². The van der Waals surface area contributed by atoms with Crippen molar-refractivity contribution in [2.45, 2.75) is 105 Å². The summed E-state index contributed by atoms with van der Waals surface area (Å²) in [5, 5.41) is 0. The average Bonchev–Trinajstić information content (AvgIpc) is 3.12. The maximum Gasteiger partial charge on any atom is 0.361 e. The van der Waals surface area contributed by atoms with Crippen molar-refractivity contribution in [1.29, 1.82) is 0 Å². The van der Waals surface area contributed by atoms with Gasteiger partial charge in [-0.2, -0.15) is 0 Å². The Labute approximate surface area is 303 Å². The normalized spacial score (nSPS) is 17.7. The minimum Gasteiger partial charge on any atom is -0.462 e. The third kappa shape index (κ3) is 13.2. The Kier molecular flexibility index (Phi) is 16.3. The van der Waals surface area contributed by atoms with Gasteiger partial charge in [0.2, 0.25) is 0 Å². The van der Waals surface area contributed by atoms with Gasteiger partial charge in [0.1, 0.15) is 0 Å². The number of benzene rings is 2. The average molecular weight is 687 g/mol. The van der Waals surface area contributed by atoms with Crippen molar-refractivity contribution in [1.82, 2.24) is 0 Å². The Hall–Kier alpha value is -3.22. The van der Waals surface area contributed by atoms with Crippen molar-refractivity contribution in [3.63, 3.8) is 0 Å². The van der Waals surface area contributed by atoms with E-state index >= 15 is 0 Å². The summed E-state index contributed by atoms with van der Waals surface area (Å²) in [5.74, 6) is -0.0797. The lowest BCUT2D eigenvalue weighted by molar-refractivity contribution is -0.920. The van der Waals surface area contributed by atoms with Gasteiger partial charge in [-0.3, -0.25) is 0 Å². The zero-order chi connectivity index (χ0) is 35.7. The number of unbranched alkanes of at least 4 members (excludes halogenated alkanes) is 2. The van der Waals surface area contributed by atoms with Crippen molar-refractivity contribution in [2.75, 3.05) is 65.6 Å². The molecule has 0 atom stereocenters. The standard InChI is InChI=1S/C44H66N2O4/c1-5-7-31-49-43(47)35-45(25-11-9-12-26-45)29-23-37(3)33-39-15-19-41(20-16-39)42-21-17-40(18-22-42)34-38(4)24-30-46(27-13-10-14-28-46)36-44(48)50-32-8-6-2/h15-24H,5-14,25-36H2,1-4H3/q+2/b37-23+,38-24+. The van der Waals surface area contributed by atoms with E-state index in [1.165, 1.54) is 71.9 Å². The van der Waals surface area contributed by atoms with Crippen LogP contribution in [-0.2, 0) is 31.9 Å². The topological polar surface area (TPSA) is 52.6 Å². The van der Waals surface area contributed by atoms with Gasteiger partial charge in [-0.05, 0) is 112 Å². The van der Waals surface area contributed by atoms with Crippen molar-refractivity contribution in [3.8, 4) is 11.1 Å². The molecule has 0 saturated carbocycles. The first-order chi connectivity index (χ1) is 24.2. The van der Waals surface area contributed by atoms with E-state index in [-0.39, 0.29) is 11.9 Å². The number of ether oxygens (including phenoxy) is 2. The van der Waals surface area contributed by atoms with Gasteiger partial charge < -0.3 is 18.4 Å². The lowest BCUT2D eigenvalue weighted by atomic mass is 9.98. The van der Waals surface area contributed by atoms with E-state index in [2.05, 4.69) is 88.4 Å². The molecule has 2 aliphatic heterocycles. The predicted octanol–water partition coefficient (Wildman–Crippen LogP) is 9.02. The van der Waals surface area contributed by atoms with Crippen LogP contribution in [0.4, 0.5) is 0 Å². The number of allylic oxidation sites excluding steroid dienone is 2. The highest BCUT2D eigenvalue weighted by Gasteiger charge is 2.33. The molecule has 0 amide bonds. The lowest BCUT2D eigenvalue weighted by Crippen LogP contribution is -2.54. The monoisotopic (exact) mass is 687 g/mol. The smallest absolute Gasteiger partial charge is 0.361 e. The Balaban J connectivity index is 1.29. The summed E-state index contributed by atoms with van der Waals surface area (Å²) in [6.07, 6.45) is 17.8. The summed E-state index contributed by atoms with van der Waals surface area (Å²) in [7, 11) is 0. The Morgan fingerprint density at radius 3 is 1.28 bits per heavy atom. The number of nitrogens with zero attached hydrogens (tertiary/aromatic N) is 2. The molecular formula is C44H66N2O4+2. The van der Waals surface area contributed by atoms with Gasteiger partial charge >= 0.3 is 11.9 Å². The molecule has 2 fully saturated rings. The summed E-state index contributed by atoms with van der Waals surface area (Å²) in [6.45, 7) is 16.8. The molecule has 2 aliphatic rings. The van der Waals surface area contributed by atoms with Crippen molar-refractivity contribution in [3.05, 3.63) is 83.0 Å². The molecule has 2 heterocycles. The molecule has 0 aliphatic carbocycles. The van der Waals surface area contributed by atoms with Gasteiger partial charge in [-0.1, -0.05) is 86.4 Å². The first kappa shape index (κ1) is 39.6. The molecule has 0 N–H and O–H groups in total. The fraction of sp³-hybridized carbons (Fsp3) is 0.591. The zero-order valence-corrected chi connectivity index (χ0v) is 31.9. The molecule has 2 aromatic rings. The van der Waals surface area contributed by atoms with Gasteiger partial charge in [-0.15, -0.1) is 0 Å². The van der Waals surface area contributed by atoms with E-state index < -0.39 is 0 Å². The number of quaternary nitrogens is 2. The molecule has 274 valence electrons. The van der Waals surface area contributed by atoms with Crippen LogP contribution in [0.3, 0.4) is 0 Å². The van der Waals surface area contributed by atoms with Gasteiger partial charge in [0, 0.05) is 0 Å². The molecule has 6 heteroatoms. The number of piperidine rings is 2. The highest BCUT2D eigenvalue weighted by Crippen LogP contribution is 2.25. The Morgan fingerprint density at radius 1 is 0.580 bits per heavy atom.